The molecule has 1 nitrogen and oxygen atoms in total. The summed E-state index contributed by atoms with van der Waals surface area (Å²) in [4.78, 5) is 0. The quantitative estimate of drug-likeness (QED) is 0.697. The molecule has 0 saturated heterocycles. The second kappa shape index (κ2) is 4.29. The van der Waals surface area contributed by atoms with Gasteiger partial charge in [0.25, 0.3) is 0 Å². The SMILES string of the molecule is CCC(C)C(C)(C)C(C)(O)C1=CCCC1. The van der Waals surface area contributed by atoms with E-state index >= 15 is 0 Å². The highest BCUT2D eigenvalue weighted by molar-refractivity contribution is 5.23. The van der Waals surface area contributed by atoms with E-state index in [1.807, 2.05) is 6.92 Å². The van der Waals surface area contributed by atoms with Crippen molar-refractivity contribution in [2.75, 3.05) is 0 Å². The maximum absolute atomic E-state index is 10.8. The molecule has 1 heteroatoms. The summed E-state index contributed by atoms with van der Waals surface area (Å²) in [5.41, 5.74) is 0.574. The lowest BCUT2D eigenvalue weighted by Gasteiger charge is -2.45. The van der Waals surface area contributed by atoms with Gasteiger partial charge in [-0.25, -0.2) is 0 Å². The van der Waals surface area contributed by atoms with Gasteiger partial charge in [0.05, 0.1) is 5.60 Å². The van der Waals surface area contributed by atoms with E-state index in [1.165, 1.54) is 12.0 Å². The average molecular weight is 210 g/mol. The molecule has 0 spiro atoms. The minimum Gasteiger partial charge on any atom is -0.385 e. The highest BCUT2D eigenvalue weighted by Crippen LogP contribution is 2.46. The van der Waals surface area contributed by atoms with Gasteiger partial charge in [-0.15, -0.1) is 0 Å². The lowest BCUT2D eigenvalue weighted by atomic mass is 9.64. The van der Waals surface area contributed by atoms with Gasteiger partial charge < -0.3 is 5.11 Å². The molecule has 0 amide bonds. The van der Waals surface area contributed by atoms with Gasteiger partial charge in [0.1, 0.15) is 0 Å². The molecule has 1 aliphatic carbocycles. The van der Waals surface area contributed by atoms with Crippen molar-refractivity contribution in [2.24, 2.45) is 11.3 Å². The second-order valence-corrected chi connectivity index (χ2v) is 5.72. The molecule has 0 aromatic rings. The van der Waals surface area contributed by atoms with Crippen LogP contribution in [0.15, 0.2) is 11.6 Å². The fraction of sp³-hybridized carbons (Fsp3) is 0.857. The second-order valence-electron chi connectivity index (χ2n) is 5.72. The number of rotatable bonds is 4. The Morgan fingerprint density at radius 2 is 2.00 bits per heavy atom. The van der Waals surface area contributed by atoms with Crippen molar-refractivity contribution in [3.8, 4) is 0 Å². The normalized spacial score (nSPS) is 23.5. The smallest absolute Gasteiger partial charge is 0.0881 e. The predicted molar refractivity (Wildman–Crippen MR) is 65.8 cm³/mol. The lowest BCUT2D eigenvalue weighted by molar-refractivity contribution is -0.0522. The summed E-state index contributed by atoms with van der Waals surface area (Å²) in [7, 11) is 0. The third-order valence-electron chi connectivity index (χ3n) is 4.77. The van der Waals surface area contributed by atoms with Crippen LogP contribution in [-0.4, -0.2) is 10.7 Å². The third kappa shape index (κ3) is 2.13. The van der Waals surface area contributed by atoms with Crippen molar-refractivity contribution < 1.29 is 5.11 Å². The van der Waals surface area contributed by atoms with Crippen LogP contribution in [-0.2, 0) is 0 Å². The number of hydrogen-bond acceptors (Lipinski definition) is 1. The predicted octanol–water partition coefficient (Wildman–Crippen LogP) is 3.92. The maximum Gasteiger partial charge on any atom is 0.0881 e. The minimum atomic E-state index is -0.640. The molecule has 88 valence electrons. The molecular weight excluding hydrogens is 184 g/mol. The van der Waals surface area contributed by atoms with E-state index < -0.39 is 5.60 Å². The summed E-state index contributed by atoms with van der Waals surface area (Å²) in [5, 5.41) is 10.8. The van der Waals surface area contributed by atoms with Crippen LogP contribution in [0.1, 0.15) is 60.3 Å². The average Bonchev–Trinajstić information content (AvgIpc) is 2.69. The Morgan fingerprint density at radius 1 is 1.40 bits per heavy atom. The van der Waals surface area contributed by atoms with E-state index in [0.717, 1.165) is 19.3 Å². The van der Waals surface area contributed by atoms with Crippen LogP contribution in [0.25, 0.3) is 0 Å². The van der Waals surface area contributed by atoms with Gasteiger partial charge in [0, 0.05) is 0 Å². The van der Waals surface area contributed by atoms with Gasteiger partial charge in [-0.3, -0.25) is 0 Å². The minimum absolute atomic E-state index is 0.0437. The summed E-state index contributed by atoms with van der Waals surface area (Å²) in [6.45, 7) is 10.8. The summed E-state index contributed by atoms with van der Waals surface area (Å²) >= 11 is 0. The summed E-state index contributed by atoms with van der Waals surface area (Å²) in [6, 6.07) is 0. The van der Waals surface area contributed by atoms with Gasteiger partial charge in [-0.05, 0) is 43.1 Å². The monoisotopic (exact) mass is 210 g/mol. The van der Waals surface area contributed by atoms with Crippen molar-refractivity contribution in [1.29, 1.82) is 0 Å². The van der Waals surface area contributed by atoms with Gasteiger partial charge in [0.2, 0.25) is 0 Å². The Kier molecular flexibility index (Phi) is 3.65. The standard InChI is InChI=1S/C14H26O/c1-6-11(2)13(3,4)14(5,15)12-9-7-8-10-12/h9,11,15H,6-8,10H2,1-5H3. The lowest BCUT2D eigenvalue weighted by Crippen LogP contribution is -2.47. The van der Waals surface area contributed by atoms with Crippen molar-refractivity contribution in [3.05, 3.63) is 11.6 Å². The van der Waals surface area contributed by atoms with Gasteiger partial charge in [-0.2, -0.15) is 0 Å². The Morgan fingerprint density at radius 3 is 2.40 bits per heavy atom. The van der Waals surface area contributed by atoms with Crippen molar-refractivity contribution >= 4 is 0 Å². The zero-order chi connectivity index (χ0) is 11.7. The fourth-order valence-electron chi connectivity index (χ4n) is 2.52. The topological polar surface area (TPSA) is 20.2 Å². The first-order valence-electron chi connectivity index (χ1n) is 6.26. The zero-order valence-electron chi connectivity index (χ0n) is 10.9. The van der Waals surface area contributed by atoms with Crippen molar-refractivity contribution in [2.45, 2.75) is 65.9 Å². The molecule has 0 saturated carbocycles. The van der Waals surface area contributed by atoms with E-state index in [2.05, 4.69) is 33.8 Å². The van der Waals surface area contributed by atoms with Gasteiger partial charge in [-0.1, -0.05) is 40.2 Å². The fourth-order valence-corrected chi connectivity index (χ4v) is 2.52. The van der Waals surface area contributed by atoms with Crippen LogP contribution in [0.3, 0.4) is 0 Å². The Hall–Kier alpha value is -0.300. The molecule has 0 radical (unpaired) electrons. The largest absolute Gasteiger partial charge is 0.385 e. The van der Waals surface area contributed by atoms with Crippen LogP contribution in [0.4, 0.5) is 0 Å². The van der Waals surface area contributed by atoms with Crippen LogP contribution in [0.5, 0.6) is 0 Å². The summed E-state index contributed by atoms with van der Waals surface area (Å²) in [6.07, 6.45) is 6.79. The first-order chi connectivity index (χ1) is 6.84. The van der Waals surface area contributed by atoms with E-state index in [0.29, 0.717) is 5.92 Å². The van der Waals surface area contributed by atoms with Gasteiger partial charge >= 0.3 is 0 Å². The molecule has 0 aromatic carbocycles. The molecule has 0 heterocycles. The van der Waals surface area contributed by atoms with Gasteiger partial charge in [0.15, 0.2) is 0 Å². The molecule has 1 aliphatic rings. The van der Waals surface area contributed by atoms with E-state index in [-0.39, 0.29) is 5.41 Å². The van der Waals surface area contributed by atoms with E-state index in [4.69, 9.17) is 0 Å². The van der Waals surface area contributed by atoms with Crippen molar-refractivity contribution in [1.82, 2.24) is 0 Å². The first kappa shape index (κ1) is 12.8. The van der Waals surface area contributed by atoms with E-state index in [1.54, 1.807) is 0 Å². The molecule has 2 unspecified atom stereocenters. The van der Waals surface area contributed by atoms with Crippen LogP contribution in [0.2, 0.25) is 0 Å². The van der Waals surface area contributed by atoms with Crippen LogP contribution in [0, 0.1) is 11.3 Å². The Labute approximate surface area is 94.6 Å². The van der Waals surface area contributed by atoms with Crippen LogP contribution >= 0.6 is 0 Å². The maximum atomic E-state index is 10.8. The Bertz CT molecular complexity index is 248. The van der Waals surface area contributed by atoms with E-state index in [9.17, 15) is 5.11 Å². The zero-order valence-corrected chi connectivity index (χ0v) is 10.9. The molecule has 0 fully saturated rings. The molecule has 0 bridgehead atoms. The summed E-state index contributed by atoms with van der Waals surface area (Å²) < 4.78 is 0. The van der Waals surface area contributed by atoms with Crippen LogP contribution < -0.4 is 0 Å². The molecule has 1 N–H and O–H groups in total. The molecule has 2 atom stereocenters. The molecule has 0 aliphatic heterocycles. The molecular formula is C14H26O. The number of aliphatic hydroxyl groups is 1. The highest BCUT2D eigenvalue weighted by atomic mass is 16.3. The molecule has 1 rings (SSSR count). The Balaban J connectivity index is 2.92. The molecule has 15 heavy (non-hydrogen) atoms. The number of hydrogen-bond donors (Lipinski definition) is 1. The third-order valence-corrected chi connectivity index (χ3v) is 4.77. The highest BCUT2D eigenvalue weighted by Gasteiger charge is 2.45. The molecule has 0 aromatic heterocycles. The van der Waals surface area contributed by atoms with Crippen molar-refractivity contribution in [3.63, 3.8) is 0 Å². The number of allylic oxidation sites excluding steroid dienone is 1. The first-order valence-corrected chi connectivity index (χ1v) is 6.26. The summed E-state index contributed by atoms with van der Waals surface area (Å²) in [5.74, 6) is 0.536.